The van der Waals surface area contributed by atoms with Gasteiger partial charge in [-0.15, -0.1) is 10.2 Å². The lowest BCUT2D eigenvalue weighted by atomic mass is 9.91. The van der Waals surface area contributed by atoms with E-state index in [4.69, 9.17) is 4.74 Å². The van der Waals surface area contributed by atoms with Gasteiger partial charge >= 0.3 is 0 Å². The van der Waals surface area contributed by atoms with E-state index in [1.165, 1.54) is 31.5 Å². The minimum Gasteiger partial charge on any atom is -0.506 e. The second-order valence-corrected chi connectivity index (χ2v) is 9.60. The molecule has 11 heteroatoms. The fourth-order valence-electron chi connectivity index (χ4n) is 3.88. The zero-order valence-corrected chi connectivity index (χ0v) is 19.4. The van der Waals surface area contributed by atoms with E-state index in [2.05, 4.69) is 31.9 Å². The Labute approximate surface area is 188 Å². The molecule has 32 heavy (non-hydrogen) atoms. The number of sulfonamides is 1. The molecule has 3 N–H and O–H groups in total. The summed E-state index contributed by atoms with van der Waals surface area (Å²) < 4.78 is 33.4. The second-order valence-electron chi connectivity index (χ2n) is 7.71. The van der Waals surface area contributed by atoms with Crippen molar-refractivity contribution >= 4 is 21.4 Å². The molecule has 0 unspecified atom stereocenters. The first-order valence-electron chi connectivity index (χ1n) is 10.5. The van der Waals surface area contributed by atoms with E-state index in [1.54, 1.807) is 0 Å². The zero-order chi connectivity index (χ0) is 23.3. The summed E-state index contributed by atoms with van der Waals surface area (Å²) in [5.74, 6) is -0.155. The molecular weight excluding hydrogens is 432 g/mol. The van der Waals surface area contributed by atoms with E-state index < -0.39 is 10.0 Å². The standard InChI is InChI=1S/C21H30N6O4S/c1-5-31-13-23-16-6-8-17(9-7-16)27-15(3)21(14(2)26-27)25-24-19-12-18(10-11-20(19)28)32(29,30)22-4/h5,10-12,16-17,22-23,28H,1,6-9,13H2,2-4H3. The van der Waals surface area contributed by atoms with Crippen molar-refractivity contribution in [1.82, 2.24) is 19.8 Å². The molecule has 1 saturated carbocycles. The Morgan fingerprint density at radius 3 is 2.66 bits per heavy atom. The lowest BCUT2D eigenvalue weighted by Gasteiger charge is -2.29. The minimum atomic E-state index is -3.66. The maximum atomic E-state index is 12.0. The topological polar surface area (TPSA) is 130 Å². The second kappa shape index (κ2) is 10.2. The van der Waals surface area contributed by atoms with Gasteiger partial charge < -0.3 is 9.84 Å². The quantitative estimate of drug-likeness (QED) is 0.225. The smallest absolute Gasteiger partial charge is 0.240 e. The van der Waals surface area contributed by atoms with Crippen molar-refractivity contribution in [2.75, 3.05) is 13.8 Å². The van der Waals surface area contributed by atoms with Crippen LogP contribution >= 0.6 is 0 Å². The van der Waals surface area contributed by atoms with Crippen LogP contribution in [-0.4, -0.2) is 43.1 Å². The Bertz CT molecular complexity index is 1090. The van der Waals surface area contributed by atoms with Crippen molar-refractivity contribution in [2.24, 2.45) is 10.2 Å². The molecule has 0 amide bonds. The number of hydrogen-bond donors (Lipinski definition) is 3. The number of hydrogen-bond acceptors (Lipinski definition) is 8. The van der Waals surface area contributed by atoms with Crippen molar-refractivity contribution in [2.45, 2.75) is 56.5 Å². The van der Waals surface area contributed by atoms with Crippen LogP contribution in [0.5, 0.6) is 5.75 Å². The molecule has 1 aromatic heterocycles. The molecule has 0 saturated heterocycles. The van der Waals surface area contributed by atoms with E-state index in [-0.39, 0.29) is 22.4 Å². The third kappa shape index (κ3) is 5.34. The van der Waals surface area contributed by atoms with Gasteiger partial charge in [-0.05, 0) is 64.8 Å². The zero-order valence-electron chi connectivity index (χ0n) is 18.6. The molecule has 1 fully saturated rings. The third-order valence-electron chi connectivity index (χ3n) is 5.69. The summed E-state index contributed by atoms with van der Waals surface area (Å²) in [7, 11) is -2.33. The number of benzene rings is 1. The Morgan fingerprint density at radius 1 is 1.28 bits per heavy atom. The summed E-state index contributed by atoms with van der Waals surface area (Å²) in [5, 5.41) is 26.5. The highest BCUT2D eigenvalue weighted by Crippen LogP contribution is 2.35. The summed E-state index contributed by atoms with van der Waals surface area (Å²) in [6.45, 7) is 7.81. The van der Waals surface area contributed by atoms with Crippen molar-refractivity contribution in [1.29, 1.82) is 0 Å². The Morgan fingerprint density at radius 2 is 2.00 bits per heavy atom. The molecule has 1 heterocycles. The van der Waals surface area contributed by atoms with Gasteiger partial charge in [0.2, 0.25) is 10.0 Å². The average molecular weight is 463 g/mol. The maximum absolute atomic E-state index is 12.0. The van der Waals surface area contributed by atoms with Crippen molar-refractivity contribution < 1.29 is 18.3 Å². The van der Waals surface area contributed by atoms with Crippen LogP contribution in [0.2, 0.25) is 0 Å². The predicted octanol–water partition coefficient (Wildman–Crippen LogP) is 3.72. The third-order valence-corrected chi connectivity index (χ3v) is 7.10. The van der Waals surface area contributed by atoms with Gasteiger partial charge in [0, 0.05) is 6.04 Å². The maximum Gasteiger partial charge on any atom is 0.240 e. The van der Waals surface area contributed by atoms with Gasteiger partial charge in [0.05, 0.1) is 28.6 Å². The normalized spacial score (nSPS) is 19.3. The first-order valence-corrected chi connectivity index (χ1v) is 11.9. The number of nitrogens with one attached hydrogen (secondary N) is 2. The summed E-state index contributed by atoms with van der Waals surface area (Å²) >= 11 is 0. The highest BCUT2D eigenvalue weighted by molar-refractivity contribution is 7.89. The fraction of sp³-hybridized carbons (Fsp3) is 0.476. The van der Waals surface area contributed by atoms with Crippen molar-refractivity contribution in [3.05, 3.63) is 42.4 Å². The number of nitrogens with zero attached hydrogens (tertiary/aromatic N) is 4. The van der Waals surface area contributed by atoms with E-state index in [0.717, 1.165) is 37.1 Å². The number of phenols is 1. The Hall–Kier alpha value is -2.76. The average Bonchev–Trinajstić information content (AvgIpc) is 3.07. The molecule has 2 aromatic rings. The molecule has 0 radical (unpaired) electrons. The van der Waals surface area contributed by atoms with Gasteiger partial charge in [-0.2, -0.15) is 5.10 Å². The number of ether oxygens (including phenoxy) is 1. The van der Waals surface area contributed by atoms with Crippen LogP contribution in [0.15, 0.2) is 46.2 Å². The molecule has 0 aliphatic heterocycles. The number of rotatable bonds is 9. The molecular formula is C21H30N6O4S. The van der Waals surface area contributed by atoms with E-state index in [0.29, 0.717) is 18.5 Å². The first kappa shape index (κ1) is 23.9. The van der Waals surface area contributed by atoms with Gasteiger partial charge in [0.25, 0.3) is 0 Å². The molecule has 0 atom stereocenters. The Balaban J connectivity index is 1.76. The monoisotopic (exact) mass is 462 g/mol. The first-order chi connectivity index (χ1) is 15.3. The van der Waals surface area contributed by atoms with Crippen LogP contribution in [0.25, 0.3) is 0 Å². The molecule has 0 bridgehead atoms. The molecule has 1 aromatic carbocycles. The predicted molar refractivity (Wildman–Crippen MR) is 121 cm³/mol. The Kier molecular flexibility index (Phi) is 7.64. The van der Waals surface area contributed by atoms with Crippen molar-refractivity contribution in [3.63, 3.8) is 0 Å². The number of aryl methyl sites for hydroxylation is 1. The molecule has 10 nitrogen and oxygen atoms in total. The molecule has 1 aliphatic carbocycles. The van der Waals surface area contributed by atoms with Crippen LogP contribution < -0.4 is 10.0 Å². The van der Waals surface area contributed by atoms with Crippen molar-refractivity contribution in [3.8, 4) is 5.75 Å². The van der Waals surface area contributed by atoms with E-state index in [9.17, 15) is 13.5 Å². The number of phenolic OH excluding ortho intramolecular Hbond substituents is 1. The number of aromatic nitrogens is 2. The highest BCUT2D eigenvalue weighted by Gasteiger charge is 2.25. The van der Waals surface area contributed by atoms with Gasteiger partial charge in [-0.3, -0.25) is 10.00 Å². The van der Waals surface area contributed by atoms with Crippen LogP contribution in [0, 0.1) is 13.8 Å². The summed E-state index contributed by atoms with van der Waals surface area (Å²) in [4.78, 5) is -0.000233. The van der Waals surface area contributed by atoms with Crippen LogP contribution in [0.1, 0.15) is 43.1 Å². The van der Waals surface area contributed by atoms with Gasteiger partial charge in [0.15, 0.2) is 0 Å². The van der Waals surface area contributed by atoms with Gasteiger partial charge in [0.1, 0.15) is 23.9 Å². The molecule has 1 aliphatic rings. The van der Waals surface area contributed by atoms with E-state index in [1.807, 2.05) is 18.5 Å². The van der Waals surface area contributed by atoms with Crippen LogP contribution in [0.3, 0.4) is 0 Å². The van der Waals surface area contributed by atoms with Gasteiger partial charge in [-0.25, -0.2) is 13.1 Å². The SMILES string of the molecule is C=COCNC1CCC(n2nc(C)c(N=Nc3cc(S(=O)(=O)NC)ccc3O)c2C)CC1. The highest BCUT2D eigenvalue weighted by atomic mass is 32.2. The molecule has 0 spiro atoms. The summed E-state index contributed by atoms with van der Waals surface area (Å²) in [5.41, 5.74) is 2.30. The van der Waals surface area contributed by atoms with Crippen LogP contribution in [-0.2, 0) is 14.8 Å². The summed E-state index contributed by atoms with van der Waals surface area (Å²) in [6, 6.07) is 4.56. The molecule has 174 valence electrons. The minimum absolute atomic E-state index is 0.000233. The fourth-order valence-corrected chi connectivity index (χ4v) is 4.63. The number of azo groups is 1. The molecule has 3 rings (SSSR count). The lowest BCUT2D eigenvalue weighted by molar-refractivity contribution is 0.181. The van der Waals surface area contributed by atoms with E-state index >= 15 is 0 Å². The summed E-state index contributed by atoms with van der Waals surface area (Å²) in [6.07, 6.45) is 5.42. The lowest BCUT2D eigenvalue weighted by Crippen LogP contribution is -2.35. The van der Waals surface area contributed by atoms with Crippen LogP contribution in [0.4, 0.5) is 11.4 Å². The van der Waals surface area contributed by atoms with Gasteiger partial charge in [-0.1, -0.05) is 6.58 Å². The number of aromatic hydroxyl groups is 1. The largest absolute Gasteiger partial charge is 0.506 e.